The van der Waals surface area contributed by atoms with Crippen LogP contribution in [0.3, 0.4) is 0 Å². The Bertz CT molecular complexity index is 2020. The number of thiazole rings is 1. The number of anilines is 2. The number of aromatic nitrogens is 3. The minimum absolute atomic E-state index is 0.00297. The molecule has 0 spiro atoms. The molecule has 3 heterocycles. The van der Waals surface area contributed by atoms with Gasteiger partial charge in [-0.15, -0.1) is 11.3 Å². The lowest BCUT2D eigenvalue weighted by Gasteiger charge is -2.45. The summed E-state index contributed by atoms with van der Waals surface area (Å²) in [7, 11) is -7.88. The summed E-state index contributed by atoms with van der Waals surface area (Å²) in [5.41, 5.74) is 0.120. The molecule has 4 fully saturated rings. The molecular formula is C32H32F3N5O4S3. The highest BCUT2D eigenvalue weighted by Crippen LogP contribution is 2.54. The molecule has 3 saturated carbocycles. The molecule has 3 aliphatic carbocycles. The van der Waals surface area contributed by atoms with E-state index in [9.17, 15) is 25.6 Å². The van der Waals surface area contributed by atoms with Crippen LogP contribution in [0.25, 0.3) is 21.8 Å². The Hall–Kier alpha value is -3.56. The fourth-order valence-corrected chi connectivity index (χ4v) is 11.0. The first-order valence-electron chi connectivity index (χ1n) is 15.5. The van der Waals surface area contributed by atoms with Crippen LogP contribution in [0.5, 0.6) is 0 Å². The Morgan fingerprint density at radius 1 is 0.872 bits per heavy atom. The minimum atomic E-state index is -4.83. The zero-order valence-electron chi connectivity index (χ0n) is 25.2. The van der Waals surface area contributed by atoms with E-state index in [1.54, 1.807) is 12.3 Å². The summed E-state index contributed by atoms with van der Waals surface area (Å²) in [6.45, 7) is 0. The number of sulfone groups is 1. The van der Waals surface area contributed by atoms with Crippen LogP contribution in [0.1, 0.15) is 56.4 Å². The largest absolute Gasteiger partial charge is 0.351 e. The lowest BCUT2D eigenvalue weighted by Crippen LogP contribution is -2.37. The number of benzene rings is 2. The van der Waals surface area contributed by atoms with Gasteiger partial charge in [0, 0.05) is 23.2 Å². The monoisotopic (exact) mass is 703 g/mol. The van der Waals surface area contributed by atoms with E-state index in [0.29, 0.717) is 35.3 Å². The van der Waals surface area contributed by atoms with E-state index in [-0.39, 0.29) is 34.2 Å². The Labute approximate surface area is 275 Å². The first-order valence-corrected chi connectivity index (χ1v) is 19.6. The molecule has 0 amide bonds. The molecule has 2 aromatic heterocycles. The van der Waals surface area contributed by atoms with Crippen molar-refractivity contribution >= 4 is 42.8 Å². The van der Waals surface area contributed by atoms with Crippen LogP contribution in [0.2, 0.25) is 0 Å². The van der Waals surface area contributed by atoms with Gasteiger partial charge < -0.3 is 5.32 Å². The molecule has 1 aliphatic heterocycles. The van der Waals surface area contributed by atoms with Gasteiger partial charge in [-0.05, 0) is 87.6 Å². The second-order valence-corrected chi connectivity index (χ2v) is 17.5. The number of hydrogen-bond acceptors (Lipinski definition) is 9. The molecule has 2 aromatic carbocycles. The van der Waals surface area contributed by atoms with Gasteiger partial charge in [-0.1, -0.05) is 12.1 Å². The molecule has 4 aliphatic rings. The van der Waals surface area contributed by atoms with Gasteiger partial charge in [0.2, 0.25) is 5.95 Å². The summed E-state index contributed by atoms with van der Waals surface area (Å²) in [5.74, 6) is -2.38. The van der Waals surface area contributed by atoms with Gasteiger partial charge in [-0.25, -0.2) is 45.0 Å². The van der Waals surface area contributed by atoms with Crippen LogP contribution >= 0.6 is 11.3 Å². The van der Waals surface area contributed by atoms with Crippen molar-refractivity contribution in [3.8, 4) is 21.8 Å². The summed E-state index contributed by atoms with van der Waals surface area (Å²) < 4.78 is 97.1. The molecule has 0 unspecified atom stereocenters. The zero-order valence-corrected chi connectivity index (χ0v) is 27.6. The first kappa shape index (κ1) is 32.0. The molecule has 0 radical (unpaired) electrons. The molecule has 8 rings (SSSR count). The fourth-order valence-electron chi connectivity index (χ4n) is 6.97. The SMILES string of the molecule is O=S1(=O)CCC(Nc2nccc(-c3sc(C45CCC(CC4)CC5)nc3-c3cccc(NS(=O)(=O)c4c(F)cccc4F)c3F)n2)CC1. The van der Waals surface area contributed by atoms with E-state index < -0.39 is 47.9 Å². The van der Waals surface area contributed by atoms with Crippen LogP contribution in [0.15, 0.2) is 53.6 Å². The second-order valence-electron chi connectivity index (χ2n) is 12.6. The van der Waals surface area contributed by atoms with Gasteiger partial charge >= 0.3 is 0 Å². The highest BCUT2D eigenvalue weighted by Gasteiger charge is 2.44. The number of nitrogens with one attached hydrogen (secondary N) is 2. The molecule has 248 valence electrons. The van der Waals surface area contributed by atoms with Crippen LogP contribution in [0.4, 0.5) is 24.8 Å². The van der Waals surface area contributed by atoms with Crippen molar-refractivity contribution in [2.45, 2.75) is 67.7 Å². The van der Waals surface area contributed by atoms with E-state index in [1.807, 2.05) is 4.72 Å². The van der Waals surface area contributed by atoms with Crippen LogP contribution < -0.4 is 10.0 Å². The van der Waals surface area contributed by atoms with E-state index in [0.717, 1.165) is 61.7 Å². The molecule has 1 saturated heterocycles. The molecule has 47 heavy (non-hydrogen) atoms. The summed E-state index contributed by atoms with van der Waals surface area (Å²) >= 11 is 1.43. The van der Waals surface area contributed by atoms with Crippen molar-refractivity contribution in [1.29, 1.82) is 0 Å². The molecular weight excluding hydrogens is 672 g/mol. The second kappa shape index (κ2) is 12.2. The maximum absolute atomic E-state index is 16.3. The molecule has 2 bridgehead atoms. The summed E-state index contributed by atoms with van der Waals surface area (Å²) in [4.78, 5) is 13.5. The summed E-state index contributed by atoms with van der Waals surface area (Å²) in [5, 5.41) is 4.11. The topological polar surface area (TPSA) is 131 Å². The van der Waals surface area contributed by atoms with E-state index in [1.165, 1.54) is 29.5 Å². The Morgan fingerprint density at radius 3 is 2.21 bits per heavy atom. The van der Waals surface area contributed by atoms with Gasteiger partial charge in [-0.2, -0.15) is 0 Å². The van der Waals surface area contributed by atoms with Crippen LogP contribution in [-0.2, 0) is 25.3 Å². The summed E-state index contributed by atoms with van der Waals surface area (Å²) in [6.07, 6.45) is 8.65. The molecule has 15 heteroatoms. The molecule has 2 N–H and O–H groups in total. The first-order chi connectivity index (χ1) is 22.4. The standard InChI is InChI=1S/C32H32F3N5O4S3/c33-22-4-2-5-23(34)29(22)47(43,44)40-24-6-1-3-21(26(24)35)27-28(45-30(39-27)32-13-7-19(8-14-32)9-15-32)25-10-16-36-31(38-25)37-20-11-17-46(41,42)18-12-20/h1-6,10,16,19-20,40H,7-9,11-15,17-18H2,(H,36,37,38). The Morgan fingerprint density at radius 2 is 1.53 bits per heavy atom. The predicted molar refractivity (Wildman–Crippen MR) is 174 cm³/mol. The quantitative estimate of drug-likeness (QED) is 0.208. The van der Waals surface area contributed by atoms with Crippen molar-refractivity contribution in [3.63, 3.8) is 0 Å². The van der Waals surface area contributed by atoms with Crippen molar-refractivity contribution in [2.24, 2.45) is 5.92 Å². The van der Waals surface area contributed by atoms with Crippen molar-refractivity contribution in [3.05, 3.63) is 71.1 Å². The van der Waals surface area contributed by atoms with Crippen molar-refractivity contribution in [1.82, 2.24) is 15.0 Å². The Kier molecular flexibility index (Phi) is 8.28. The van der Waals surface area contributed by atoms with E-state index >= 15 is 4.39 Å². The predicted octanol–water partition coefficient (Wildman–Crippen LogP) is 6.70. The van der Waals surface area contributed by atoms with Gasteiger partial charge in [0.25, 0.3) is 10.0 Å². The highest BCUT2D eigenvalue weighted by atomic mass is 32.2. The third kappa shape index (κ3) is 6.24. The minimum Gasteiger partial charge on any atom is -0.351 e. The number of hydrogen-bond donors (Lipinski definition) is 2. The lowest BCUT2D eigenvalue weighted by molar-refractivity contribution is 0.135. The average Bonchev–Trinajstić information content (AvgIpc) is 3.50. The smallest absolute Gasteiger partial charge is 0.267 e. The number of nitrogens with zero attached hydrogens (tertiary/aromatic N) is 3. The highest BCUT2D eigenvalue weighted by molar-refractivity contribution is 7.92. The normalized spacial score (nSPS) is 22.7. The molecule has 4 aromatic rings. The number of sulfonamides is 1. The number of halogens is 3. The maximum Gasteiger partial charge on any atom is 0.267 e. The number of fused-ring (bicyclic) bond motifs is 3. The summed E-state index contributed by atoms with van der Waals surface area (Å²) in [6, 6.07) is 8.35. The van der Waals surface area contributed by atoms with Gasteiger partial charge in [0.05, 0.1) is 33.5 Å². The van der Waals surface area contributed by atoms with Gasteiger partial charge in [-0.3, -0.25) is 4.72 Å². The van der Waals surface area contributed by atoms with Crippen molar-refractivity contribution in [2.75, 3.05) is 21.5 Å². The van der Waals surface area contributed by atoms with Crippen LogP contribution in [0, 0.1) is 23.4 Å². The maximum atomic E-state index is 16.3. The zero-order chi connectivity index (χ0) is 33.0. The lowest BCUT2D eigenvalue weighted by atomic mass is 9.61. The average molecular weight is 704 g/mol. The third-order valence-electron chi connectivity index (χ3n) is 9.64. The molecule has 9 nitrogen and oxygen atoms in total. The number of rotatable bonds is 8. The van der Waals surface area contributed by atoms with Crippen LogP contribution in [-0.4, -0.2) is 49.3 Å². The van der Waals surface area contributed by atoms with E-state index in [4.69, 9.17) is 9.97 Å². The van der Waals surface area contributed by atoms with E-state index in [2.05, 4.69) is 10.3 Å². The molecule has 0 atom stereocenters. The van der Waals surface area contributed by atoms with Gasteiger partial charge in [0.15, 0.2) is 10.7 Å². The third-order valence-corrected chi connectivity index (χ3v) is 14.1. The van der Waals surface area contributed by atoms with Crippen molar-refractivity contribution < 1.29 is 30.0 Å². The van der Waals surface area contributed by atoms with Gasteiger partial charge in [0.1, 0.15) is 26.5 Å². The Balaban J connectivity index is 1.28. The fraction of sp³-hybridized carbons (Fsp3) is 0.406.